The number of carbonyl (C=O) groups excluding carboxylic acids is 3. The standard InChI is InChI=1S/C61H102O6/c1-4-7-10-13-15-17-19-21-22-23-24-25-26-27-28-29-30-31-32-33-34-35-36-37-38-40-41-43-45-48-51-54-60(63)66-57-58(56-65-59(62)53-50-47-12-9-6-3)67-61(64)55-52-49-46-44-42-39-20-18-16-14-11-8-5-2/h7-8,10-11,15-18,21-22,24-25,39,42,46,49,58H,4-6,9,12-14,19-20,23,26-38,40-41,43-45,47-48,50-57H2,1-3H3/b10-7-,11-8-,17-15-,18-16-,22-21-,25-24-,42-39-,49-46-. The fraction of sp³-hybridized carbons (Fsp3) is 0.689. The molecule has 382 valence electrons. The molecule has 0 aromatic carbocycles. The lowest BCUT2D eigenvalue weighted by Gasteiger charge is -2.18. The molecule has 0 rings (SSSR count). The van der Waals surface area contributed by atoms with E-state index in [1.165, 1.54) is 103 Å². The summed E-state index contributed by atoms with van der Waals surface area (Å²) in [5.74, 6) is -1.00. The highest BCUT2D eigenvalue weighted by Crippen LogP contribution is 2.16. The highest BCUT2D eigenvalue weighted by molar-refractivity contribution is 5.71. The molecule has 0 heterocycles. The van der Waals surface area contributed by atoms with Crippen LogP contribution in [0.25, 0.3) is 0 Å². The first-order valence-corrected chi connectivity index (χ1v) is 27.7. The van der Waals surface area contributed by atoms with E-state index in [1.807, 2.05) is 12.2 Å². The highest BCUT2D eigenvalue weighted by Gasteiger charge is 2.19. The highest BCUT2D eigenvalue weighted by atomic mass is 16.6. The number of ether oxygens (including phenoxy) is 3. The predicted molar refractivity (Wildman–Crippen MR) is 288 cm³/mol. The first kappa shape index (κ1) is 63.3. The molecule has 0 aromatic heterocycles. The molecule has 0 N–H and O–H groups in total. The molecular formula is C61H102O6. The fourth-order valence-corrected chi connectivity index (χ4v) is 7.51. The van der Waals surface area contributed by atoms with E-state index in [4.69, 9.17) is 14.2 Å². The Kier molecular flexibility index (Phi) is 51.9. The maximum absolute atomic E-state index is 12.7. The van der Waals surface area contributed by atoms with Gasteiger partial charge in [0.05, 0.1) is 0 Å². The Hall–Kier alpha value is -3.67. The minimum Gasteiger partial charge on any atom is -0.462 e. The van der Waals surface area contributed by atoms with Gasteiger partial charge in [0.2, 0.25) is 0 Å². The van der Waals surface area contributed by atoms with Crippen LogP contribution in [-0.2, 0) is 28.6 Å². The van der Waals surface area contributed by atoms with Crippen LogP contribution in [0, 0.1) is 0 Å². The van der Waals surface area contributed by atoms with Crippen molar-refractivity contribution in [2.45, 2.75) is 258 Å². The summed E-state index contributed by atoms with van der Waals surface area (Å²) in [6.45, 7) is 6.26. The third-order valence-electron chi connectivity index (χ3n) is 11.6. The second-order valence-electron chi connectivity index (χ2n) is 18.1. The number of hydrogen-bond acceptors (Lipinski definition) is 6. The predicted octanol–water partition coefficient (Wildman–Crippen LogP) is 18.5. The molecular weight excluding hydrogens is 829 g/mol. The zero-order valence-corrected chi connectivity index (χ0v) is 43.6. The average molecular weight is 931 g/mol. The molecule has 0 bridgehead atoms. The number of rotatable bonds is 49. The summed E-state index contributed by atoms with van der Waals surface area (Å²) in [5.41, 5.74) is 0. The summed E-state index contributed by atoms with van der Waals surface area (Å²) in [7, 11) is 0. The van der Waals surface area contributed by atoms with Crippen LogP contribution >= 0.6 is 0 Å². The van der Waals surface area contributed by atoms with Gasteiger partial charge in [-0.05, 0) is 83.5 Å². The van der Waals surface area contributed by atoms with Crippen molar-refractivity contribution in [3.8, 4) is 0 Å². The van der Waals surface area contributed by atoms with Crippen LogP contribution in [0.4, 0.5) is 0 Å². The lowest BCUT2D eigenvalue weighted by Crippen LogP contribution is -2.30. The maximum Gasteiger partial charge on any atom is 0.306 e. The van der Waals surface area contributed by atoms with Crippen molar-refractivity contribution in [2.75, 3.05) is 13.2 Å². The van der Waals surface area contributed by atoms with Crippen molar-refractivity contribution < 1.29 is 28.6 Å². The molecule has 67 heavy (non-hydrogen) atoms. The molecule has 1 unspecified atom stereocenters. The summed E-state index contributed by atoms with van der Waals surface area (Å²) in [4.78, 5) is 37.6. The third-order valence-corrected chi connectivity index (χ3v) is 11.6. The van der Waals surface area contributed by atoms with Crippen molar-refractivity contribution in [1.29, 1.82) is 0 Å². The first-order chi connectivity index (χ1) is 33.0. The molecule has 0 amide bonds. The van der Waals surface area contributed by atoms with Gasteiger partial charge in [0, 0.05) is 19.3 Å². The molecule has 6 nitrogen and oxygen atoms in total. The Morgan fingerprint density at radius 1 is 0.313 bits per heavy atom. The molecule has 0 aromatic rings. The van der Waals surface area contributed by atoms with E-state index in [-0.39, 0.29) is 31.6 Å². The topological polar surface area (TPSA) is 78.9 Å². The van der Waals surface area contributed by atoms with Gasteiger partial charge in [-0.3, -0.25) is 14.4 Å². The minimum absolute atomic E-state index is 0.104. The molecule has 0 saturated heterocycles. The Balaban J connectivity index is 3.99. The van der Waals surface area contributed by atoms with Crippen molar-refractivity contribution in [3.05, 3.63) is 97.2 Å². The summed E-state index contributed by atoms with van der Waals surface area (Å²) in [5, 5.41) is 0. The van der Waals surface area contributed by atoms with E-state index in [2.05, 4.69) is 106 Å². The molecule has 1 atom stereocenters. The number of carbonyl (C=O) groups is 3. The van der Waals surface area contributed by atoms with Crippen molar-refractivity contribution in [1.82, 2.24) is 0 Å². The Labute approximate surface area is 413 Å². The van der Waals surface area contributed by atoms with Crippen LogP contribution in [0.3, 0.4) is 0 Å². The Morgan fingerprint density at radius 2 is 0.612 bits per heavy atom. The van der Waals surface area contributed by atoms with Crippen molar-refractivity contribution in [2.24, 2.45) is 0 Å². The quantitative estimate of drug-likeness (QED) is 0.0262. The van der Waals surface area contributed by atoms with Crippen LogP contribution in [0.1, 0.15) is 252 Å². The van der Waals surface area contributed by atoms with Gasteiger partial charge in [-0.2, -0.15) is 0 Å². The number of unbranched alkanes of at least 4 members (excludes halogenated alkanes) is 22. The molecule has 0 aliphatic carbocycles. The lowest BCUT2D eigenvalue weighted by atomic mass is 10.0. The average Bonchev–Trinajstić information content (AvgIpc) is 3.33. The van der Waals surface area contributed by atoms with Crippen LogP contribution in [0.15, 0.2) is 97.2 Å². The summed E-state index contributed by atoms with van der Waals surface area (Å²) in [6, 6.07) is 0. The number of allylic oxidation sites excluding steroid dienone is 16. The van der Waals surface area contributed by atoms with Gasteiger partial charge in [-0.25, -0.2) is 0 Å². The van der Waals surface area contributed by atoms with E-state index in [0.717, 1.165) is 103 Å². The van der Waals surface area contributed by atoms with Gasteiger partial charge >= 0.3 is 17.9 Å². The van der Waals surface area contributed by atoms with E-state index < -0.39 is 12.1 Å². The smallest absolute Gasteiger partial charge is 0.306 e. The Bertz CT molecular complexity index is 1350. The zero-order chi connectivity index (χ0) is 48.6. The second kappa shape index (κ2) is 54.9. The van der Waals surface area contributed by atoms with E-state index in [1.54, 1.807) is 0 Å². The van der Waals surface area contributed by atoms with Crippen LogP contribution in [0.5, 0.6) is 0 Å². The van der Waals surface area contributed by atoms with Crippen molar-refractivity contribution >= 4 is 17.9 Å². The second-order valence-corrected chi connectivity index (χ2v) is 18.1. The molecule has 0 saturated carbocycles. The zero-order valence-electron chi connectivity index (χ0n) is 43.6. The third kappa shape index (κ3) is 53.2. The fourth-order valence-electron chi connectivity index (χ4n) is 7.51. The van der Waals surface area contributed by atoms with Gasteiger partial charge in [0.1, 0.15) is 13.2 Å². The normalized spacial score (nSPS) is 12.8. The lowest BCUT2D eigenvalue weighted by molar-refractivity contribution is -0.166. The van der Waals surface area contributed by atoms with Crippen LogP contribution < -0.4 is 0 Å². The number of esters is 3. The van der Waals surface area contributed by atoms with Gasteiger partial charge in [-0.15, -0.1) is 0 Å². The van der Waals surface area contributed by atoms with Crippen LogP contribution in [0.2, 0.25) is 0 Å². The van der Waals surface area contributed by atoms with Gasteiger partial charge in [0.15, 0.2) is 6.10 Å². The maximum atomic E-state index is 12.7. The Morgan fingerprint density at radius 3 is 0.970 bits per heavy atom. The van der Waals surface area contributed by atoms with Crippen LogP contribution in [-0.4, -0.2) is 37.2 Å². The van der Waals surface area contributed by atoms with Gasteiger partial charge in [0.25, 0.3) is 0 Å². The summed E-state index contributed by atoms with van der Waals surface area (Å²) < 4.78 is 16.6. The number of hydrogen-bond donors (Lipinski definition) is 0. The summed E-state index contributed by atoms with van der Waals surface area (Å²) >= 11 is 0. The van der Waals surface area contributed by atoms with E-state index >= 15 is 0 Å². The largest absolute Gasteiger partial charge is 0.462 e. The van der Waals surface area contributed by atoms with E-state index in [9.17, 15) is 14.4 Å². The molecule has 0 aliphatic rings. The van der Waals surface area contributed by atoms with Crippen molar-refractivity contribution in [3.63, 3.8) is 0 Å². The van der Waals surface area contributed by atoms with E-state index in [0.29, 0.717) is 19.3 Å². The van der Waals surface area contributed by atoms with Gasteiger partial charge < -0.3 is 14.2 Å². The molecule has 0 radical (unpaired) electrons. The molecule has 0 fully saturated rings. The summed E-state index contributed by atoms with van der Waals surface area (Å²) in [6.07, 6.45) is 73.4. The SMILES string of the molecule is CC/C=C\C/C=C\C/C=C\C/C=C\CCCCCCCCCCCCCCCCCCCCC(=O)OCC(COC(=O)CCCCCCC)OC(=O)CC/C=C\C/C=C\C/C=C\C/C=C\CC. The molecule has 0 spiro atoms. The molecule has 6 heteroatoms. The molecule has 0 aliphatic heterocycles. The first-order valence-electron chi connectivity index (χ1n) is 27.7. The monoisotopic (exact) mass is 931 g/mol. The van der Waals surface area contributed by atoms with Gasteiger partial charge in [-0.1, -0.05) is 246 Å². The minimum atomic E-state index is -0.809.